The highest BCUT2D eigenvalue weighted by molar-refractivity contribution is 5.50. The molecular weight excluding hydrogens is 178 g/mol. The summed E-state index contributed by atoms with van der Waals surface area (Å²) in [6, 6.07) is 1.90. The predicted octanol–water partition coefficient (Wildman–Crippen LogP) is 1.01. The van der Waals surface area contributed by atoms with Crippen LogP contribution in [0, 0.1) is 12.8 Å². The highest BCUT2D eigenvalue weighted by atomic mass is 16.3. The third-order valence-electron chi connectivity index (χ3n) is 2.09. The van der Waals surface area contributed by atoms with Gasteiger partial charge in [-0.3, -0.25) is 0 Å². The van der Waals surface area contributed by atoms with Crippen LogP contribution in [-0.4, -0.2) is 23.2 Å². The Morgan fingerprint density at radius 1 is 1.64 bits per heavy atom. The molecular formula is C10H17N3O. The second kappa shape index (κ2) is 4.81. The van der Waals surface area contributed by atoms with Gasteiger partial charge in [-0.15, -0.1) is 0 Å². The summed E-state index contributed by atoms with van der Waals surface area (Å²) in [5.41, 5.74) is 7.35. The monoisotopic (exact) mass is 195 g/mol. The molecule has 0 saturated heterocycles. The summed E-state index contributed by atoms with van der Waals surface area (Å²) >= 11 is 0. The Labute approximate surface area is 84.2 Å². The number of pyridine rings is 1. The lowest BCUT2D eigenvalue weighted by atomic mass is 10.2. The number of nitrogens with zero attached hydrogens (tertiary/aromatic N) is 1. The fourth-order valence-electron chi connectivity index (χ4n) is 1.01. The maximum atomic E-state index is 8.83. The summed E-state index contributed by atoms with van der Waals surface area (Å²) in [5.74, 6) is 1.03. The van der Waals surface area contributed by atoms with Crippen LogP contribution < -0.4 is 11.1 Å². The van der Waals surface area contributed by atoms with E-state index in [1.807, 2.05) is 19.9 Å². The fourth-order valence-corrected chi connectivity index (χ4v) is 1.01. The number of rotatable bonds is 4. The smallest absolute Gasteiger partial charge is 0.126 e. The molecule has 4 nitrogen and oxygen atoms in total. The van der Waals surface area contributed by atoms with Crippen LogP contribution in [0.4, 0.5) is 11.5 Å². The number of nitrogens with one attached hydrogen (secondary N) is 1. The Morgan fingerprint density at radius 3 is 2.93 bits per heavy atom. The maximum Gasteiger partial charge on any atom is 0.126 e. The number of aliphatic hydroxyl groups is 1. The zero-order valence-electron chi connectivity index (χ0n) is 8.62. The fraction of sp³-hybridized carbons (Fsp3) is 0.500. The molecule has 0 radical (unpaired) electrons. The van der Waals surface area contributed by atoms with E-state index in [-0.39, 0.29) is 12.5 Å². The Bertz CT molecular complexity index is 301. The number of nitrogen functional groups attached to an aromatic ring is 1. The van der Waals surface area contributed by atoms with E-state index in [2.05, 4.69) is 10.3 Å². The zero-order chi connectivity index (χ0) is 10.6. The molecule has 4 N–H and O–H groups in total. The van der Waals surface area contributed by atoms with Gasteiger partial charge in [0.1, 0.15) is 5.82 Å². The van der Waals surface area contributed by atoms with Crippen LogP contribution in [0.25, 0.3) is 0 Å². The third kappa shape index (κ3) is 2.88. The van der Waals surface area contributed by atoms with Crippen molar-refractivity contribution in [2.75, 3.05) is 24.2 Å². The Hall–Kier alpha value is -1.29. The van der Waals surface area contributed by atoms with E-state index < -0.39 is 0 Å². The van der Waals surface area contributed by atoms with Gasteiger partial charge in [0.05, 0.1) is 11.9 Å². The molecule has 1 heterocycles. The average molecular weight is 195 g/mol. The lowest BCUT2D eigenvalue weighted by Crippen LogP contribution is -2.15. The van der Waals surface area contributed by atoms with E-state index in [0.29, 0.717) is 12.2 Å². The van der Waals surface area contributed by atoms with Gasteiger partial charge in [0, 0.05) is 13.2 Å². The molecule has 0 saturated carbocycles. The van der Waals surface area contributed by atoms with Crippen molar-refractivity contribution >= 4 is 11.5 Å². The molecule has 0 aliphatic rings. The SMILES string of the molecule is Cc1cc(NCC(C)CO)ncc1N. The van der Waals surface area contributed by atoms with Crippen molar-refractivity contribution in [1.82, 2.24) is 4.98 Å². The summed E-state index contributed by atoms with van der Waals surface area (Å²) in [5, 5.41) is 12.0. The molecule has 0 amide bonds. The summed E-state index contributed by atoms with van der Waals surface area (Å²) < 4.78 is 0. The van der Waals surface area contributed by atoms with E-state index >= 15 is 0 Å². The van der Waals surface area contributed by atoms with Gasteiger partial charge in [-0.2, -0.15) is 0 Å². The molecule has 1 rings (SSSR count). The maximum absolute atomic E-state index is 8.83. The van der Waals surface area contributed by atoms with Crippen LogP contribution in [0.15, 0.2) is 12.3 Å². The molecule has 0 fully saturated rings. The van der Waals surface area contributed by atoms with E-state index in [1.165, 1.54) is 0 Å². The minimum absolute atomic E-state index is 0.182. The minimum atomic E-state index is 0.182. The van der Waals surface area contributed by atoms with Crippen molar-refractivity contribution in [2.45, 2.75) is 13.8 Å². The average Bonchev–Trinajstić information content (AvgIpc) is 2.19. The third-order valence-corrected chi connectivity index (χ3v) is 2.09. The number of anilines is 2. The first kappa shape index (κ1) is 10.8. The summed E-state index contributed by atoms with van der Waals surface area (Å²) in [6.07, 6.45) is 1.64. The standard InChI is InChI=1S/C10H17N3O/c1-7(6-14)4-12-10-3-8(2)9(11)5-13-10/h3,5,7,14H,4,6,11H2,1-2H3,(H,12,13). The van der Waals surface area contributed by atoms with E-state index in [4.69, 9.17) is 10.8 Å². The number of aryl methyl sites for hydroxylation is 1. The molecule has 14 heavy (non-hydrogen) atoms. The largest absolute Gasteiger partial charge is 0.397 e. The van der Waals surface area contributed by atoms with E-state index in [0.717, 1.165) is 11.4 Å². The van der Waals surface area contributed by atoms with Crippen molar-refractivity contribution < 1.29 is 5.11 Å². The van der Waals surface area contributed by atoms with Crippen molar-refractivity contribution in [3.8, 4) is 0 Å². The van der Waals surface area contributed by atoms with E-state index in [9.17, 15) is 0 Å². The molecule has 1 aromatic heterocycles. The molecule has 0 aliphatic carbocycles. The van der Waals surface area contributed by atoms with Crippen molar-refractivity contribution in [2.24, 2.45) is 5.92 Å². The minimum Gasteiger partial charge on any atom is -0.397 e. The second-order valence-corrected chi connectivity index (χ2v) is 3.59. The first-order valence-electron chi connectivity index (χ1n) is 4.70. The van der Waals surface area contributed by atoms with Gasteiger partial charge in [-0.05, 0) is 24.5 Å². The van der Waals surface area contributed by atoms with Crippen molar-refractivity contribution in [3.63, 3.8) is 0 Å². The highest BCUT2D eigenvalue weighted by Gasteiger charge is 2.01. The van der Waals surface area contributed by atoms with Crippen molar-refractivity contribution in [3.05, 3.63) is 17.8 Å². The molecule has 1 unspecified atom stereocenters. The first-order chi connectivity index (χ1) is 6.63. The predicted molar refractivity (Wildman–Crippen MR) is 58.1 cm³/mol. The van der Waals surface area contributed by atoms with Crippen molar-refractivity contribution in [1.29, 1.82) is 0 Å². The number of hydrogen-bond acceptors (Lipinski definition) is 4. The Morgan fingerprint density at radius 2 is 2.36 bits per heavy atom. The Kier molecular flexibility index (Phi) is 3.71. The molecule has 1 atom stereocenters. The van der Waals surface area contributed by atoms with Gasteiger partial charge in [0.25, 0.3) is 0 Å². The van der Waals surface area contributed by atoms with Gasteiger partial charge in [-0.25, -0.2) is 4.98 Å². The van der Waals surface area contributed by atoms with Crippen LogP contribution in [0.3, 0.4) is 0 Å². The van der Waals surface area contributed by atoms with Gasteiger partial charge in [0.15, 0.2) is 0 Å². The van der Waals surface area contributed by atoms with Crippen LogP contribution >= 0.6 is 0 Å². The molecule has 0 bridgehead atoms. The van der Waals surface area contributed by atoms with E-state index in [1.54, 1.807) is 6.20 Å². The zero-order valence-corrected chi connectivity index (χ0v) is 8.62. The van der Waals surface area contributed by atoms with Gasteiger partial charge < -0.3 is 16.2 Å². The topological polar surface area (TPSA) is 71.2 Å². The quantitative estimate of drug-likeness (QED) is 0.670. The Balaban J connectivity index is 2.55. The molecule has 0 aliphatic heterocycles. The lowest BCUT2D eigenvalue weighted by molar-refractivity contribution is 0.244. The molecule has 78 valence electrons. The van der Waals surface area contributed by atoms with Crippen LogP contribution in [0.5, 0.6) is 0 Å². The number of hydrogen-bond donors (Lipinski definition) is 3. The lowest BCUT2D eigenvalue weighted by Gasteiger charge is -2.10. The molecule has 1 aromatic rings. The van der Waals surface area contributed by atoms with Crippen LogP contribution in [0.2, 0.25) is 0 Å². The van der Waals surface area contributed by atoms with Gasteiger partial charge >= 0.3 is 0 Å². The summed E-state index contributed by atoms with van der Waals surface area (Å²) in [6.45, 7) is 4.81. The highest BCUT2D eigenvalue weighted by Crippen LogP contribution is 2.13. The molecule has 0 aromatic carbocycles. The normalized spacial score (nSPS) is 12.5. The number of aliphatic hydroxyl groups excluding tert-OH is 1. The van der Waals surface area contributed by atoms with Gasteiger partial charge in [0.2, 0.25) is 0 Å². The van der Waals surface area contributed by atoms with Crippen LogP contribution in [0.1, 0.15) is 12.5 Å². The van der Waals surface area contributed by atoms with Gasteiger partial charge in [-0.1, -0.05) is 6.92 Å². The van der Waals surface area contributed by atoms with Crippen LogP contribution in [-0.2, 0) is 0 Å². The number of nitrogens with two attached hydrogens (primary N) is 1. The second-order valence-electron chi connectivity index (χ2n) is 3.59. The summed E-state index contributed by atoms with van der Waals surface area (Å²) in [4.78, 5) is 4.13. The first-order valence-corrected chi connectivity index (χ1v) is 4.70. The number of aromatic nitrogens is 1. The molecule has 0 spiro atoms. The molecule has 4 heteroatoms. The summed E-state index contributed by atoms with van der Waals surface area (Å²) in [7, 11) is 0.